The summed E-state index contributed by atoms with van der Waals surface area (Å²) in [7, 11) is 0. The first-order valence-corrected chi connectivity index (χ1v) is 8.44. The monoisotopic (exact) mass is 360 g/mol. The van der Waals surface area contributed by atoms with E-state index in [0.717, 1.165) is 5.56 Å². The van der Waals surface area contributed by atoms with Crippen molar-refractivity contribution >= 4 is 23.4 Å². The second-order valence-electron chi connectivity index (χ2n) is 6.13. The maximum Gasteiger partial charge on any atom is 0.235 e. The Morgan fingerprint density at radius 3 is 2.00 bits per heavy atom. The van der Waals surface area contributed by atoms with Gasteiger partial charge in [0, 0.05) is 23.7 Å². The van der Waals surface area contributed by atoms with Crippen LogP contribution in [-0.2, 0) is 22.7 Å². The number of carbonyl (C=O) groups is 2. The van der Waals surface area contributed by atoms with Gasteiger partial charge in [-0.3, -0.25) is 9.59 Å². The van der Waals surface area contributed by atoms with E-state index in [9.17, 15) is 14.0 Å². The molecule has 0 aliphatic heterocycles. The molecule has 0 radical (unpaired) electrons. The largest absolute Gasteiger partial charge is 0.351 e. The van der Waals surface area contributed by atoms with E-state index in [1.165, 1.54) is 6.07 Å². The minimum Gasteiger partial charge on any atom is -0.351 e. The number of benzene rings is 2. The molecular weight excluding hydrogens is 343 g/mol. The number of hydrogen-bond acceptors (Lipinski definition) is 2. The molecule has 4 nitrogen and oxygen atoms in total. The van der Waals surface area contributed by atoms with E-state index in [-0.39, 0.29) is 30.7 Å². The molecular formula is C19H18ClFN2O2. The Morgan fingerprint density at radius 2 is 1.44 bits per heavy atom. The van der Waals surface area contributed by atoms with Gasteiger partial charge in [0.2, 0.25) is 11.8 Å². The van der Waals surface area contributed by atoms with E-state index >= 15 is 0 Å². The molecule has 3 rings (SSSR count). The second-order valence-corrected chi connectivity index (χ2v) is 6.54. The van der Waals surface area contributed by atoms with Crippen LogP contribution in [0.5, 0.6) is 0 Å². The number of carbonyl (C=O) groups excluding carboxylic acids is 2. The standard InChI is InChI=1S/C19H18ClFN2O2/c20-15-7-3-1-5-13(15)11-22-17(24)19(9-10-19)18(25)23-12-14-6-2-4-8-16(14)21/h1-8H,9-12H2,(H,22,24)(H,23,25). The number of nitrogens with one attached hydrogen (secondary N) is 2. The molecule has 0 spiro atoms. The van der Waals surface area contributed by atoms with Gasteiger partial charge in [0.05, 0.1) is 0 Å². The Morgan fingerprint density at radius 1 is 0.920 bits per heavy atom. The van der Waals surface area contributed by atoms with Crippen molar-refractivity contribution in [3.63, 3.8) is 0 Å². The summed E-state index contributed by atoms with van der Waals surface area (Å²) in [5, 5.41) is 6.01. The third-order valence-electron chi connectivity index (χ3n) is 4.41. The third kappa shape index (κ3) is 3.82. The molecule has 2 aromatic rings. The minimum atomic E-state index is -1.05. The summed E-state index contributed by atoms with van der Waals surface area (Å²) in [5.41, 5.74) is 0.134. The van der Waals surface area contributed by atoms with Gasteiger partial charge < -0.3 is 10.6 Å². The molecule has 1 aliphatic carbocycles. The van der Waals surface area contributed by atoms with Gasteiger partial charge in [0.15, 0.2) is 0 Å². The molecule has 2 N–H and O–H groups in total. The zero-order valence-corrected chi connectivity index (χ0v) is 14.3. The fourth-order valence-corrected chi connectivity index (χ4v) is 2.86. The summed E-state index contributed by atoms with van der Waals surface area (Å²) in [4.78, 5) is 24.9. The lowest BCUT2D eigenvalue weighted by Crippen LogP contribution is -2.42. The predicted molar refractivity (Wildman–Crippen MR) is 93.2 cm³/mol. The van der Waals surface area contributed by atoms with Crippen molar-refractivity contribution in [2.24, 2.45) is 5.41 Å². The molecule has 1 saturated carbocycles. The smallest absolute Gasteiger partial charge is 0.235 e. The summed E-state index contributed by atoms with van der Waals surface area (Å²) >= 11 is 6.07. The first-order chi connectivity index (χ1) is 12.0. The first-order valence-electron chi connectivity index (χ1n) is 8.06. The molecule has 0 bridgehead atoms. The van der Waals surface area contributed by atoms with Gasteiger partial charge >= 0.3 is 0 Å². The summed E-state index contributed by atoms with van der Waals surface area (Å²) in [6.45, 7) is 0.325. The first kappa shape index (κ1) is 17.4. The molecule has 0 saturated heterocycles. The van der Waals surface area contributed by atoms with Gasteiger partial charge in [0.25, 0.3) is 0 Å². The fourth-order valence-electron chi connectivity index (χ4n) is 2.66. The number of amides is 2. The van der Waals surface area contributed by atoms with Crippen LogP contribution < -0.4 is 10.6 Å². The SMILES string of the molecule is O=C(NCc1ccccc1F)C1(C(=O)NCc2ccccc2Cl)CC1. The van der Waals surface area contributed by atoms with Crippen molar-refractivity contribution in [1.82, 2.24) is 10.6 Å². The van der Waals surface area contributed by atoms with Crippen LogP contribution in [0.2, 0.25) is 5.02 Å². The quantitative estimate of drug-likeness (QED) is 0.777. The Kier molecular flexibility index (Phi) is 5.04. The third-order valence-corrected chi connectivity index (χ3v) is 4.78. The van der Waals surface area contributed by atoms with Crippen LogP contribution in [0.25, 0.3) is 0 Å². The Hall–Kier alpha value is -2.40. The zero-order valence-electron chi connectivity index (χ0n) is 13.5. The topological polar surface area (TPSA) is 58.2 Å². The Labute approximate surface area is 150 Å². The van der Waals surface area contributed by atoms with Crippen molar-refractivity contribution in [2.75, 3.05) is 0 Å². The molecule has 0 atom stereocenters. The Bertz CT molecular complexity index is 742. The van der Waals surface area contributed by atoms with Crippen LogP contribution in [0.1, 0.15) is 24.0 Å². The van der Waals surface area contributed by atoms with E-state index in [4.69, 9.17) is 11.6 Å². The lowest BCUT2D eigenvalue weighted by Gasteiger charge is -2.16. The van der Waals surface area contributed by atoms with Crippen LogP contribution in [0.3, 0.4) is 0 Å². The van der Waals surface area contributed by atoms with Crippen LogP contribution >= 0.6 is 11.6 Å². The van der Waals surface area contributed by atoms with E-state index in [1.807, 2.05) is 18.2 Å². The normalized spacial score (nSPS) is 14.6. The highest BCUT2D eigenvalue weighted by Gasteiger charge is 2.56. The van der Waals surface area contributed by atoms with E-state index in [2.05, 4.69) is 10.6 Å². The highest BCUT2D eigenvalue weighted by molar-refractivity contribution is 6.31. The molecule has 2 aromatic carbocycles. The summed E-state index contributed by atoms with van der Waals surface area (Å²) < 4.78 is 13.6. The van der Waals surface area contributed by atoms with Gasteiger partial charge in [0.1, 0.15) is 11.2 Å². The van der Waals surface area contributed by atoms with Crippen molar-refractivity contribution in [3.8, 4) is 0 Å². The van der Waals surface area contributed by atoms with E-state index < -0.39 is 5.41 Å². The molecule has 1 fully saturated rings. The van der Waals surface area contributed by atoms with Crippen LogP contribution in [-0.4, -0.2) is 11.8 Å². The molecule has 0 heterocycles. The van der Waals surface area contributed by atoms with Crippen LogP contribution in [0, 0.1) is 11.2 Å². The lowest BCUT2D eigenvalue weighted by molar-refractivity contribution is -0.137. The van der Waals surface area contributed by atoms with E-state index in [0.29, 0.717) is 23.4 Å². The van der Waals surface area contributed by atoms with Crippen molar-refractivity contribution in [3.05, 3.63) is 70.5 Å². The molecule has 6 heteroatoms. The predicted octanol–water partition coefficient (Wildman–Crippen LogP) is 3.19. The molecule has 2 amide bonds. The summed E-state index contributed by atoms with van der Waals surface area (Å²) in [5.74, 6) is -1.07. The van der Waals surface area contributed by atoms with Crippen LogP contribution in [0.15, 0.2) is 48.5 Å². The molecule has 0 aromatic heterocycles. The highest BCUT2D eigenvalue weighted by atomic mass is 35.5. The maximum absolute atomic E-state index is 13.6. The van der Waals surface area contributed by atoms with E-state index in [1.54, 1.807) is 24.3 Å². The minimum absolute atomic E-state index is 0.0606. The van der Waals surface area contributed by atoms with Gasteiger partial charge in [-0.1, -0.05) is 48.0 Å². The summed E-state index contributed by atoms with van der Waals surface area (Å²) in [6, 6.07) is 13.4. The van der Waals surface area contributed by atoms with Crippen LogP contribution in [0.4, 0.5) is 4.39 Å². The average Bonchev–Trinajstić information content (AvgIpc) is 3.42. The van der Waals surface area contributed by atoms with Gasteiger partial charge in [-0.2, -0.15) is 0 Å². The van der Waals surface area contributed by atoms with Crippen molar-refractivity contribution in [1.29, 1.82) is 0 Å². The molecule has 1 aliphatic rings. The molecule has 25 heavy (non-hydrogen) atoms. The lowest BCUT2D eigenvalue weighted by atomic mass is 10.0. The van der Waals surface area contributed by atoms with Crippen molar-refractivity contribution in [2.45, 2.75) is 25.9 Å². The molecule has 130 valence electrons. The number of rotatable bonds is 6. The average molecular weight is 361 g/mol. The van der Waals surface area contributed by atoms with Gasteiger partial charge in [-0.05, 0) is 30.5 Å². The number of hydrogen-bond donors (Lipinski definition) is 2. The second kappa shape index (κ2) is 7.23. The summed E-state index contributed by atoms with van der Waals surface area (Å²) in [6.07, 6.45) is 0.981. The number of halogens is 2. The Balaban J connectivity index is 1.57. The maximum atomic E-state index is 13.6. The van der Waals surface area contributed by atoms with Gasteiger partial charge in [-0.15, -0.1) is 0 Å². The fraction of sp³-hybridized carbons (Fsp3) is 0.263. The van der Waals surface area contributed by atoms with Crippen molar-refractivity contribution < 1.29 is 14.0 Å². The van der Waals surface area contributed by atoms with Gasteiger partial charge in [-0.25, -0.2) is 4.39 Å². The highest BCUT2D eigenvalue weighted by Crippen LogP contribution is 2.46. The molecule has 0 unspecified atom stereocenters. The zero-order chi connectivity index (χ0) is 17.9.